The van der Waals surface area contributed by atoms with Crippen LogP contribution in [0.15, 0.2) is 54.7 Å². The van der Waals surface area contributed by atoms with Gasteiger partial charge >= 0.3 is 0 Å². The van der Waals surface area contributed by atoms with E-state index in [9.17, 15) is 5.26 Å². The summed E-state index contributed by atoms with van der Waals surface area (Å²) in [7, 11) is 2.17. The quantitative estimate of drug-likeness (QED) is 0.458. The van der Waals surface area contributed by atoms with Gasteiger partial charge in [0.1, 0.15) is 11.8 Å². The van der Waals surface area contributed by atoms with Crippen LogP contribution in [0.4, 0.5) is 11.6 Å². The van der Waals surface area contributed by atoms with Crippen LogP contribution < -0.4 is 9.80 Å². The number of rotatable bonds is 6. The average Bonchev–Trinajstić information content (AvgIpc) is 2.84. The molecular formula is C28H33ClN6. The van der Waals surface area contributed by atoms with E-state index < -0.39 is 0 Å². The Morgan fingerprint density at radius 3 is 2.37 bits per heavy atom. The van der Waals surface area contributed by atoms with Crippen molar-refractivity contribution in [3.63, 3.8) is 0 Å². The zero-order valence-electron chi connectivity index (χ0n) is 21.0. The van der Waals surface area contributed by atoms with Crippen molar-refractivity contribution in [2.24, 2.45) is 5.41 Å². The number of hydrogen-bond acceptors (Lipinski definition) is 6. The first-order valence-corrected chi connectivity index (χ1v) is 12.4. The molecule has 3 aromatic rings. The number of nitriles is 1. The summed E-state index contributed by atoms with van der Waals surface area (Å²) >= 11 is 6.77. The third kappa shape index (κ3) is 6.50. The molecule has 1 aliphatic heterocycles. The molecule has 7 heteroatoms. The predicted octanol–water partition coefficient (Wildman–Crippen LogP) is 5.47. The van der Waals surface area contributed by atoms with Gasteiger partial charge in [-0.1, -0.05) is 56.6 Å². The van der Waals surface area contributed by atoms with Crippen molar-refractivity contribution in [1.29, 1.82) is 5.26 Å². The Hall–Kier alpha value is -3.14. The second kappa shape index (κ2) is 10.6. The molecule has 1 aliphatic rings. The summed E-state index contributed by atoms with van der Waals surface area (Å²) in [5, 5.41) is 9.98. The minimum atomic E-state index is 0.0290. The molecule has 1 saturated heterocycles. The molecule has 0 amide bonds. The van der Waals surface area contributed by atoms with Crippen LogP contribution in [-0.4, -0.2) is 54.6 Å². The van der Waals surface area contributed by atoms with Crippen molar-refractivity contribution in [1.82, 2.24) is 14.9 Å². The lowest BCUT2D eigenvalue weighted by Gasteiger charge is -2.34. The maximum Gasteiger partial charge on any atom is 0.226 e. The zero-order chi connectivity index (χ0) is 25.0. The lowest BCUT2D eigenvalue weighted by Crippen LogP contribution is -2.44. The van der Waals surface area contributed by atoms with E-state index in [1.165, 1.54) is 5.69 Å². The van der Waals surface area contributed by atoms with Crippen LogP contribution in [-0.2, 0) is 6.54 Å². The van der Waals surface area contributed by atoms with Crippen molar-refractivity contribution in [3.8, 4) is 17.2 Å². The smallest absolute Gasteiger partial charge is 0.226 e. The number of anilines is 2. The van der Waals surface area contributed by atoms with Crippen LogP contribution in [0.3, 0.4) is 0 Å². The van der Waals surface area contributed by atoms with Crippen LogP contribution in [0.5, 0.6) is 0 Å². The second-order valence-corrected chi connectivity index (χ2v) is 10.8. The molecule has 35 heavy (non-hydrogen) atoms. The fourth-order valence-corrected chi connectivity index (χ4v) is 4.67. The Balaban J connectivity index is 1.53. The van der Waals surface area contributed by atoms with Gasteiger partial charge in [0.05, 0.1) is 0 Å². The van der Waals surface area contributed by atoms with Crippen LogP contribution >= 0.6 is 11.6 Å². The van der Waals surface area contributed by atoms with Crippen molar-refractivity contribution in [2.75, 3.05) is 49.6 Å². The first-order chi connectivity index (χ1) is 16.7. The van der Waals surface area contributed by atoms with Crippen molar-refractivity contribution < 1.29 is 0 Å². The maximum absolute atomic E-state index is 9.26. The molecule has 4 rings (SSSR count). The van der Waals surface area contributed by atoms with Gasteiger partial charge in [-0.2, -0.15) is 5.26 Å². The molecule has 0 atom stereocenters. The molecule has 1 fully saturated rings. The molecule has 2 aromatic carbocycles. The van der Waals surface area contributed by atoms with Gasteiger partial charge in [-0.05, 0) is 47.9 Å². The Morgan fingerprint density at radius 2 is 1.74 bits per heavy atom. The molecule has 0 radical (unpaired) electrons. The van der Waals surface area contributed by atoms with Crippen molar-refractivity contribution >= 4 is 23.2 Å². The molecule has 0 N–H and O–H groups in total. The van der Waals surface area contributed by atoms with E-state index >= 15 is 0 Å². The summed E-state index contributed by atoms with van der Waals surface area (Å²) in [6.07, 6.45) is 1.64. The van der Waals surface area contributed by atoms with Gasteiger partial charge in [-0.25, -0.2) is 9.97 Å². The third-order valence-corrected chi connectivity index (χ3v) is 6.47. The Morgan fingerprint density at radius 1 is 1.03 bits per heavy atom. The van der Waals surface area contributed by atoms with Gasteiger partial charge in [-0.3, -0.25) is 0 Å². The van der Waals surface area contributed by atoms with Gasteiger partial charge in [0.15, 0.2) is 0 Å². The molecule has 0 spiro atoms. The van der Waals surface area contributed by atoms with E-state index in [0.29, 0.717) is 18.2 Å². The molecule has 0 bridgehead atoms. The van der Waals surface area contributed by atoms with E-state index in [0.717, 1.165) is 54.4 Å². The fraction of sp³-hybridized carbons (Fsp3) is 0.393. The topological polar surface area (TPSA) is 59.3 Å². The lowest BCUT2D eigenvalue weighted by atomic mass is 9.95. The molecule has 1 aromatic heterocycles. The standard InChI is InChI=1S/C28H33ClN6/c1-28(2,3)20-35(27-31-12-11-23(18-30)32-27)19-21-5-10-25(26(29)17-21)22-6-8-24(9-7-22)34-15-13-33(4)14-16-34/h5-12,17H,13-16,19-20H2,1-4H3. The molecule has 0 aliphatic carbocycles. The summed E-state index contributed by atoms with van der Waals surface area (Å²) in [6.45, 7) is 12.2. The number of halogens is 1. The van der Waals surface area contributed by atoms with Gasteiger partial charge in [-0.15, -0.1) is 0 Å². The minimum absolute atomic E-state index is 0.0290. The van der Waals surface area contributed by atoms with E-state index in [2.05, 4.69) is 95.0 Å². The van der Waals surface area contributed by atoms with Crippen molar-refractivity contribution in [3.05, 3.63) is 71.0 Å². The number of benzene rings is 2. The molecule has 0 unspecified atom stereocenters. The molecule has 182 valence electrons. The third-order valence-electron chi connectivity index (χ3n) is 6.16. The Labute approximate surface area is 213 Å². The van der Waals surface area contributed by atoms with Crippen LogP contribution in [0.2, 0.25) is 5.02 Å². The summed E-state index contributed by atoms with van der Waals surface area (Å²) in [5.74, 6) is 0.554. The van der Waals surface area contributed by atoms with E-state index in [-0.39, 0.29) is 5.41 Å². The lowest BCUT2D eigenvalue weighted by molar-refractivity contribution is 0.313. The average molecular weight is 489 g/mol. The van der Waals surface area contributed by atoms with Gasteiger partial charge in [0.2, 0.25) is 5.95 Å². The van der Waals surface area contributed by atoms with E-state index in [1.807, 2.05) is 6.07 Å². The molecule has 6 nitrogen and oxygen atoms in total. The largest absolute Gasteiger partial charge is 0.369 e. The zero-order valence-corrected chi connectivity index (χ0v) is 21.8. The van der Waals surface area contributed by atoms with Crippen molar-refractivity contribution in [2.45, 2.75) is 27.3 Å². The predicted molar refractivity (Wildman–Crippen MR) is 144 cm³/mol. The first kappa shape index (κ1) is 25.0. The molecule has 2 heterocycles. The number of nitrogens with zero attached hydrogens (tertiary/aromatic N) is 6. The number of hydrogen-bond donors (Lipinski definition) is 0. The van der Waals surface area contributed by atoms with Crippen LogP contribution in [0.1, 0.15) is 32.0 Å². The minimum Gasteiger partial charge on any atom is -0.369 e. The summed E-state index contributed by atoms with van der Waals surface area (Å²) in [6, 6.07) is 18.6. The summed E-state index contributed by atoms with van der Waals surface area (Å²) < 4.78 is 0. The highest BCUT2D eigenvalue weighted by molar-refractivity contribution is 6.33. The fourth-order valence-electron chi connectivity index (χ4n) is 4.36. The highest BCUT2D eigenvalue weighted by atomic mass is 35.5. The molecule has 0 saturated carbocycles. The maximum atomic E-state index is 9.26. The number of likely N-dealkylation sites (N-methyl/N-ethyl adjacent to an activating group) is 1. The summed E-state index contributed by atoms with van der Waals surface area (Å²) in [5.41, 5.74) is 4.85. The van der Waals surface area contributed by atoms with E-state index in [1.54, 1.807) is 12.3 Å². The Kier molecular flexibility index (Phi) is 7.59. The first-order valence-electron chi connectivity index (χ1n) is 12.0. The molecular weight excluding hydrogens is 456 g/mol. The highest BCUT2D eigenvalue weighted by Gasteiger charge is 2.20. The van der Waals surface area contributed by atoms with E-state index in [4.69, 9.17) is 11.6 Å². The van der Waals surface area contributed by atoms with Gasteiger partial charge < -0.3 is 14.7 Å². The van der Waals surface area contributed by atoms with Crippen LogP contribution in [0, 0.1) is 16.7 Å². The van der Waals surface area contributed by atoms with Gasteiger partial charge in [0, 0.05) is 61.7 Å². The monoisotopic (exact) mass is 488 g/mol. The van der Waals surface area contributed by atoms with Crippen LogP contribution in [0.25, 0.3) is 11.1 Å². The Bertz CT molecular complexity index is 1190. The highest BCUT2D eigenvalue weighted by Crippen LogP contribution is 2.31. The summed E-state index contributed by atoms with van der Waals surface area (Å²) in [4.78, 5) is 15.8. The SMILES string of the molecule is CN1CCN(c2ccc(-c3ccc(CN(CC(C)(C)C)c4nccc(C#N)n4)cc3Cl)cc2)CC1. The number of piperazine rings is 1. The second-order valence-electron chi connectivity index (χ2n) is 10.4. The van der Waals surface area contributed by atoms with Gasteiger partial charge in [0.25, 0.3) is 0 Å². The number of aromatic nitrogens is 2. The normalized spacial score (nSPS) is 14.6.